The van der Waals surface area contributed by atoms with Crippen LogP contribution in [0.15, 0.2) is 53.6 Å². The summed E-state index contributed by atoms with van der Waals surface area (Å²) in [6, 6.07) is 14.9. The van der Waals surface area contributed by atoms with Crippen molar-refractivity contribution in [1.29, 1.82) is 0 Å². The van der Waals surface area contributed by atoms with Gasteiger partial charge in [-0.2, -0.15) is 5.10 Å². The van der Waals surface area contributed by atoms with Crippen molar-refractivity contribution in [1.82, 2.24) is 5.43 Å². The molecule has 0 aliphatic rings. The fraction of sp³-hybridized carbons (Fsp3) is 0.250. The lowest BCUT2D eigenvalue weighted by molar-refractivity contribution is -0.126. The number of carbonyl (C=O) groups excluding carboxylic acids is 2. The van der Waals surface area contributed by atoms with Crippen molar-refractivity contribution in [3.8, 4) is 5.75 Å². The van der Waals surface area contributed by atoms with Gasteiger partial charge in [0.15, 0.2) is 0 Å². The van der Waals surface area contributed by atoms with Crippen LogP contribution in [-0.2, 0) is 16.0 Å². The number of nitrogens with zero attached hydrogens (tertiary/aromatic N) is 1. The molecule has 0 saturated carbocycles. The Morgan fingerprint density at radius 3 is 2.65 bits per heavy atom. The van der Waals surface area contributed by atoms with Crippen LogP contribution in [0.4, 0.5) is 5.69 Å². The second-order valence-corrected chi connectivity index (χ2v) is 5.53. The van der Waals surface area contributed by atoms with Crippen LogP contribution in [0.3, 0.4) is 0 Å². The van der Waals surface area contributed by atoms with Gasteiger partial charge in [-0.25, -0.2) is 5.43 Å². The van der Waals surface area contributed by atoms with Crippen LogP contribution in [0.1, 0.15) is 31.4 Å². The molecule has 0 fully saturated rings. The molecule has 0 unspecified atom stereocenters. The van der Waals surface area contributed by atoms with Crippen LogP contribution in [0.2, 0.25) is 0 Å². The van der Waals surface area contributed by atoms with Gasteiger partial charge in [-0.05, 0) is 42.7 Å². The number of hydrogen-bond acceptors (Lipinski definition) is 4. The number of ether oxygens (including phenoxy) is 1. The molecule has 136 valence electrons. The van der Waals surface area contributed by atoms with Crippen molar-refractivity contribution in [2.75, 3.05) is 11.9 Å². The highest BCUT2D eigenvalue weighted by molar-refractivity contribution is 6.04. The third-order valence-electron chi connectivity index (χ3n) is 3.57. The van der Waals surface area contributed by atoms with Gasteiger partial charge in [-0.1, -0.05) is 37.3 Å². The van der Waals surface area contributed by atoms with Crippen molar-refractivity contribution in [3.63, 3.8) is 0 Å². The van der Waals surface area contributed by atoms with Crippen LogP contribution in [0.25, 0.3) is 0 Å². The average Bonchev–Trinajstić information content (AvgIpc) is 2.62. The molecule has 2 N–H and O–H groups in total. The summed E-state index contributed by atoms with van der Waals surface area (Å²) >= 11 is 0. The van der Waals surface area contributed by atoms with Gasteiger partial charge in [0.2, 0.25) is 11.8 Å². The predicted molar refractivity (Wildman–Crippen MR) is 102 cm³/mol. The van der Waals surface area contributed by atoms with Gasteiger partial charge < -0.3 is 10.1 Å². The molecule has 2 aromatic carbocycles. The SMILES string of the molecule is CCOc1cccc(C=NNC(=O)CC(=O)Nc2ccccc2CC)c1. The van der Waals surface area contributed by atoms with E-state index in [9.17, 15) is 9.59 Å². The van der Waals surface area contributed by atoms with E-state index in [2.05, 4.69) is 15.8 Å². The topological polar surface area (TPSA) is 79.8 Å². The molecule has 2 amide bonds. The number of nitrogens with one attached hydrogen (secondary N) is 2. The first-order chi connectivity index (χ1) is 12.6. The minimum Gasteiger partial charge on any atom is -0.494 e. The summed E-state index contributed by atoms with van der Waals surface area (Å²) in [5, 5.41) is 6.63. The second kappa shape index (κ2) is 9.98. The summed E-state index contributed by atoms with van der Waals surface area (Å²) in [7, 11) is 0. The molecule has 6 nitrogen and oxygen atoms in total. The van der Waals surface area contributed by atoms with Crippen LogP contribution >= 0.6 is 0 Å². The Bertz CT molecular complexity index is 787. The molecule has 0 radical (unpaired) electrons. The quantitative estimate of drug-likeness (QED) is 0.435. The van der Waals surface area contributed by atoms with E-state index in [1.54, 1.807) is 0 Å². The summed E-state index contributed by atoms with van der Waals surface area (Å²) in [5.74, 6) is -0.123. The lowest BCUT2D eigenvalue weighted by Crippen LogP contribution is -2.25. The summed E-state index contributed by atoms with van der Waals surface area (Å²) in [6.07, 6.45) is 2.01. The Morgan fingerprint density at radius 1 is 1.08 bits per heavy atom. The van der Waals surface area contributed by atoms with Crippen LogP contribution in [-0.4, -0.2) is 24.6 Å². The Hall–Kier alpha value is -3.15. The average molecular weight is 353 g/mol. The van der Waals surface area contributed by atoms with Gasteiger partial charge in [0.25, 0.3) is 0 Å². The zero-order valence-electron chi connectivity index (χ0n) is 15.0. The largest absolute Gasteiger partial charge is 0.494 e. The van der Waals surface area contributed by atoms with E-state index in [0.717, 1.165) is 29.0 Å². The number of hydrazone groups is 1. The number of para-hydroxylation sites is 1. The first kappa shape index (κ1) is 19.2. The van der Waals surface area contributed by atoms with Gasteiger partial charge in [0.05, 0.1) is 12.8 Å². The summed E-state index contributed by atoms with van der Waals surface area (Å²) < 4.78 is 5.40. The van der Waals surface area contributed by atoms with E-state index in [1.165, 1.54) is 6.21 Å². The minimum atomic E-state index is -0.478. The third kappa shape index (κ3) is 6.05. The molecule has 0 spiro atoms. The molecule has 0 aliphatic heterocycles. The molecule has 0 bridgehead atoms. The van der Waals surface area contributed by atoms with Gasteiger partial charge in [-0.15, -0.1) is 0 Å². The van der Waals surface area contributed by atoms with E-state index in [0.29, 0.717) is 6.61 Å². The summed E-state index contributed by atoms with van der Waals surface area (Å²) in [4.78, 5) is 23.8. The number of benzene rings is 2. The molecular weight excluding hydrogens is 330 g/mol. The smallest absolute Gasteiger partial charge is 0.249 e. The number of carbonyl (C=O) groups is 2. The van der Waals surface area contributed by atoms with Crippen LogP contribution in [0, 0.1) is 0 Å². The first-order valence-corrected chi connectivity index (χ1v) is 8.55. The Balaban J connectivity index is 1.84. The lowest BCUT2D eigenvalue weighted by Gasteiger charge is -2.09. The van der Waals surface area contributed by atoms with Crippen LogP contribution in [0.5, 0.6) is 5.75 Å². The van der Waals surface area contributed by atoms with Gasteiger partial charge in [0.1, 0.15) is 12.2 Å². The lowest BCUT2D eigenvalue weighted by atomic mass is 10.1. The van der Waals surface area contributed by atoms with E-state index in [1.807, 2.05) is 62.4 Å². The molecule has 0 saturated heterocycles. The van der Waals surface area contributed by atoms with E-state index in [4.69, 9.17) is 4.74 Å². The maximum Gasteiger partial charge on any atom is 0.249 e. The van der Waals surface area contributed by atoms with Crippen molar-refractivity contribution in [3.05, 3.63) is 59.7 Å². The van der Waals surface area contributed by atoms with Gasteiger partial charge in [-0.3, -0.25) is 9.59 Å². The van der Waals surface area contributed by atoms with E-state index < -0.39 is 5.91 Å². The Labute approximate surface area is 153 Å². The normalized spacial score (nSPS) is 10.5. The maximum atomic E-state index is 12.0. The fourth-order valence-electron chi connectivity index (χ4n) is 2.36. The monoisotopic (exact) mass is 353 g/mol. The Kier molecular flexibility index (Phi) is 7.36. The van der Waals surface area contributed by atoms with Gasteiger partial charge >= 0.3 is 0 Å². The number of aryl methyl sites for hydroxylation is 1. The maximum absolute atomic E-state index is 12.0. The highest BCUT2D eigenvalue weighted by atomic mass is 16.5. The van der Waals surface area contributed by atoms with Crippen molar-refractivity contribution >= 4 is 23.7 Å². The molecular formula is C20H23N3O3. The molecule has 6 heteroatoms. The van der Waals surface area contributed by atoms with Crippen LogP contribution < -0.4 is 15.5 Å². The minimum absolute atomic E-state index is 0.297. The van der Waals surface area contributed by atoms with E-state index >= 15 is 0 Å². The van der Waals surface area contributed by atoms with Crippen molar-refractivity contribution in [2.24, 2.45) is 5.10 Å². The first-order valence-electron chi connectivity index (χ1n) is 8.55. The molecule has 0 aliphatic carbocycles. The third-order valence-corrected chi connectivity index (χ3v) is 3.57. The molecule has 0 atom stereocenters. The second-order valence-electron chi connectivity index (χ2n) is 5.53. The number of hydrogen-bond donors (Lipinski definition) is 2. The molecule has 2 rings (SSSR count). The van der Waals surface area contributed by atoms with Crippen molar-refractivity contribution in [2.45, 2.75) is 26.7 Å². The molecule has 26 heavy (non-hydrogen) atoms. The summed E-state index contributed by atoms with van der Waals surface area (Å²) in [5.41, 5.74) is 4.89. The zero-order valence-corrected chi connectivity index (χ0v) is 15.0. The van der Waals surface area contributed by atoms with Crippen molar-refractivity contribution < 1.29 is 14.3 Å². The number of anilines is 1. The van der Waals surface area contributed by atoms with Gasteiger partial charge in [0, 0.05) is 5.69 Å². The highest BCUT2D eigenvalue weighted by Gasteiger charge is 2.10. The Morgan fingerprint density at radius 2 is 1.88 bits per heavy atom. The highest BCUT2D eigenvalue weighted by Crippen LogP contribution is 2.15. The predicted octanol–water partition coefficient (Wildman–Crippen LogP) is 3.13. The molecule has 2 aromatic rings. The standard InChI is InChI=1S/C20H23N3O3/c1-3-16-9-5-6-11-18(16)22-19(24)13-20(25)23-21-14-15-8-7-10-17(12-15)26-4-2/h5-12,14H,3-4,13H2,1-2H3,(H,22,24)(H,23,25). The fourth-order valence-corrected chi connectivity index (χ4v) is 2.36. The van der Waals surface area contributed by atoms with E-state index in [-0.39, 0.29) is 12.3 Å². The number of rotatable bonds is 8. The zero-order chi connectivity index (χ0) is 18.8. The summed E-state index contributed by atoms with van der Waals surface area (Å²) in [6.45, 7) is 4.49. The number of amides is 2. The molecule has 0 heterocycles. The molecule has 0 aromatic heterocycles.